The molecule has 2 saturated carbocycles. The van der Waals surface area contributed by atoms with Crippen LogP contribution >= 0.6 is 0 Å². The van der Waals surface area contributed by atoms with Gasteiger partial charge in [-0.15, -0.1) is 0 Å². The van der Waals surface area contributed by atoms with Gasteiger partial charge in [-0.3, -0.25) is 0 Å². The number of furan rings is 1. The molecule has 0 saturated heterocycles. The zero-order valence-electron chi connectivity index (χ0n) is 10.7. The van der Waals surface area contributed by atoms with Crippen molar-refractivity contribution in [2.75, 3.05) is 6.54 Å². The topological polar surface area (TPSA) is 25.2 Å². The molecule has 0 aliphatic heterocycles. The minimum absolute atomic E-state index is 0.639. The van der Waals surface area contributed by atoms with Crippen LogP contribution < -0.4 is 5.32 Å². The average molecular weight is 233 g/mol. The van der Waals surface area contributed by atoms with Crippen LogP contribution in [0.15, 0.2) is 22.8 Å². The average Bonchev–Trinajstić information content (AvgIpc) is 3.05. The molecule has 1 aromatic heterocycles. The van der Waals surface area contributed by atoms with E-state index in [-0.39, 0.29) is 0 Å². The molecule has 4 unspecified atom stereocenters. The predicted octanol–water partition coefficient (Wildman–Crippen LogP) is 3.55. The summed E-state index contributed by atoms with van der Waals surface area (Å²) in [6.45, 7) is 3.42. The van der Waals surface area contributed by atoms with E-state index in [9.17, 15) is 0 Å². The minimum atomic E-state index is 0.639. The van der Waals surface area contributed by atoms with Gasteiger partial charge in [-0.25, -0.2) is 0 Å². The van der Waals surface area contributed by atoms with Gasteiger partial charge in [-0.1, -0.05) is 13.3 Å². The molecule has 1 N–H and O–H groups in total. The molecule has 0 spiro atoms. The maximum Gasteiger partial charge on any atom is 0.108 e. The number of fused-ring (bicyclic) bond motifs is 2. The number of hydrogen-bond donors (Lipinski definition) is 1. The van der Waals surface area contributed by atoms with Crippen molar-refractivity contribution in [3.05, 3.63) is 24.2 Å². The van der Waals surface area contributed by atoms with E-state index in [4.69, 9.17) is 4.42 Å². The van der Waals surface area contributed by atoms with Crippen LogP contribution in [0.2, 0.25) is 0 Å². The Morgan fingerprint density at radius 1 is 1.35 bits per heavy atom. The summed E-state index contributed by atoms with van der Waals surface area (Å²) in [6, 6.07) is 4.87. The lowest BCUT2D eigenvalue weighted by atomic mass is 9.82. The molecule has 3 rings (SSSR count). The molecule has 2 aliphatic rings. The monoisotopic (exact) mass is 233 g/mol. The molecule has 94 valence electrons. The Kier molecular flexibility index (Phi) is 3.24. The summed E-state index contributed by atoms with van der Waals surface area (Å²) < 4.78 is 5.67. The Hall–Kier alpha value is -0.760. The van der Waals surface area contributed by atoms with Crippen molar-refractivity contribution in [2.45, 2.75) is 51.0 Å². The van der Waals surface area contributed by atoms with E-state index in [1.807, 2.05) is 12.3 Å². The van der Waals surface area contributed by atoms with Gasteiger partial charge < -0.3 is 9.73 Å². The van der Waals surface area contributed by atoms with Gasteiger partial charge in [-0.05, 0) is 56.2 Å². The molecule has 1 heterocycles. The predicted molar refractivity (Wildman–Crippen MR) is 69.0 cm³/mol. The summed E-state index contributed by atoms with van der Waals surface area (Å²) in [4.78, 5) is 0. The van der Waals surface area contributed by atoms with Crippen LogP contribution in [0.3, 0.4) is 0 Å². The zero-order valence-corrected chi connectivity index (χ0v) is 10.7. The minimum Gasteiger partial charge on any atom is -0.469 e. The second kappa shape index (κ2) is 4.85. The first-order valence-electron chi connectivity index (χ1n) is 7.17. The van der Waals surface area contributed by atoms with Gasteiger partial charge >= 0.3 is 0 Å². The van der Waals surface area contributed by atoms with Gasteiger partial charge in [-0.2, -0.15) is 0 Å². The molecule has 4 atom stereocenters. The van der Waals surface area contributed by atoms with Gasteiger partial charge in [0.1, 0.15) is 5.76 Å². The Morgan fingerprint density at radius 3 is 3.00 bits per heavy atom. The molecule has 0 radical (unpaired) electrons. The van der Waals surface area contributed by atoms with Gasteiger partial charge in [0, 0.05) is 12.0 Å². The van der Waals surface area contributed by atoms with Crippen molar-refractivity contribution >= 4 is 0 Å². The SMILES string of the molecule is CCCCNC1C2CCC(C2)C1c1ccco1. The van der Waals surface area contributed by atoms with Gasteiger partial charge in [0.2, 0.25) is 0 Å². The normalized spacial score (nSPS) is 35.6. The Morgan fingerprint density at radius 2 is 2.24 bits per heavy atom. The Bertz CT molecular complexity index is 346. The van der Waals surface area contributed by atoms with E-state index < -0.39 is 0 Å². The van der Waals surface area contributed by atoms with Crippen LogP contribution in [0.4, 0.5) is 0 Å². The molecule has 2 fully saturated rings. The molecule has 2 heteroatoms. The highest BCUT2D eigenvalue weighted by Gasteiger charge is 2.48. The molecule has 2 bridgehead atoms. The number of nitrogens with one attached hydrogen (secondary N) is 1. The van der Waals surface area contributed by atoms with Crippen molar-refractivity contribution < 1.29 is 4.42 Å². The van der Waals surface area contributed by atoms with Crippen molar-refractivity contribution in [1.29, 1.82) is 0 Å². The van der Waals surface area contributed by atoms with Crippen LogP contribution in [-0.2, 0) is 0 Å². The van der Waals surface area contributed by atoms with Gasteiger partial charge in [0.15, 0.2) is 0 Å². The van der Waals surface area contributed by atoms with E-state index in [2.05, 4.69) is 18.3 Å². The second-order valence-electron chi connectivity index (χ2n) is 5.71. The van der Waals surface area contributed by atoms with Crippen molar-refractivity contribution in [3.63, 3.8) is 0 Å². The maximum atomic E-state index is 5.67. The summed E-state index contributed by atoms with van der Waals surface area (Å²) in [7, 11) is 0. The highest BCUT2D eigenvalue weighted by atomic mass is 16.3. The van der Waals surface area contributed by atoms with E-state index >= 15 is 0 Å². The fourth-order valence-corrected chi connectivity index (χ4v) is 3.92. The Labute approximate surface area is 104 Å². The summed E-state index contributed by atoms with van der Waals surface area (Å²) >= 11 is 0. The third-order valence-electron chi connectivity index (χ3n) is 4.70. The van der Waals surface area contributed by atoms with E-state index in [0.29, 0.717) is 12.0 Å². The first-order chi connectivity index (χ1) is 8.40. The van der Waals surface area contributed by atoms with E-state index in [1.165, 1.54) is 44.4 Å². The summed E-state index contributed by atoms with van der Waals surface area (Å²) in [5.41, 5.74) is 0. The van der Waals surface area contributed by atoms with Crippen LogP contribution in [-0.4, -0.2) is 12.6 Å². The number of hydrogen-bond acceptors (Lipinski definition) is 2. The maximum absolute atomic E-state index is 5.67. The summed E-state index contributed by atoms with van der Waals surface area (Å²) in [5.74, 6) is 3.61. The third-order valence-corrected chi connectivity index (χ3v) is 4.70. The van der Waals surface area contributed by atoms with E-state index in [0.717, 1.165) is 11.8 Å². The lowest BCUT2D eigenvalue weighted by molar-refractivity contribution is 0.278. The smallest absolute Gasteiger partial charge is 0.108 e. The standard InChI is InChI=1S/C15H23NO/c1-2-3-8-16-15-12-7-6-11(10-12)14(15)13-5-4-9-17-13/h4-5,9,11-12,14-16H,2-3,6-8,10H2,1H3. The highest BCUT2D eigenvalue weighted by molar-refractivity contribution is 5.17. The molecule has 0 aromatic carbocycles. The highest BCUT2D eigenvalue weighted by Crippen LogP contribution is 2.53. The molecule has 2 nitrogen and oxygen atoms in total. The van der Waals surface area contributed by atoms with Crippen LogP contribution in [0.25, 0.3) is 0 Å². The third kappa shape index (κ3) is 2.03. The number of rotatable bonds is 5. The molecular weight excluding hydrogens is 210 g/mol. The van der Waals surface area contributed by atoms with Crippen molar-refractivity contribution in [3.8, 4) is 0 Å². The quantitative estimate of drug-likeness (QED) is 0.787. The molecule has 1 aromatic rings. The molecular formula is C15H23NO. The van der Waals surface area contributed by atoms with Crippen LogP contribution in [0, 0.1) is 11.8 Å². The first-order valence-corrected chi connectivity index (χ1v) is 7.17. The zero-order chi connectivity index (χ0) is 11.7. The number of unbranched alkanes of at least 4 members (excludes halogenated alkanes) is 1. The van der Waals surface area contributed by atoms with Crippen molar-refractivity contribution in [1.82, 2.24) is 5.32 Å². The lowest BCUT2D eigenvalue weighted by Crippen LogP contribution is -2.39. The summed E-state index contributed by atoms with van der Waals surface area (Å²) in [6.07, 6.45) is 8.63. The van der Waals surface area contributed by atoms with Gasteiger partial charge in [0.05, 0.1) is 6.26 Å². The molecule has 17 heavy (non-hydrogen) atoms. The molecule has 0 amide bonds. The van der Waals surface area contributed by atoms with Crippen LogP contribution in [0.5, 0.6) is 0 Å². The van der Waals surface area contributed by atoms with E-state index in [1.54, 1.807) is 0 Å². The van der Waals surface area contributed by atoms with Crippen molar-refractivity contribution in [2.24, 2.45) is 11.8 Å². The van der Waals surface area contributed by atoms with Gasteiger partial charge in [0.25, 0.3) is 0 Å². The summed E-state index contributed by atoms with van der Waals surface area (Å²) in [5, 5.41) is 3.79. The largest absolute Gasteiger partial charge is 0.469 e. The van der Waals surface area contributed by atoms with Crippen LogP contribution in [0.1, 0.15) is 50.7 Å². The molecule has 2 aliphatic carbocycles. The fourth-order valence-electron chi connectivity index (χ4n) is 3.92. The Balaban J connectivity index is 1.71. The first kappa shape index (κ1) is 11.3. The fraction of sp³-hybridized carbons (Fsp3) is 0.733. The second-order valence-corrected chi connectivity index (χ2v) is 5.71. The lowest BCUT2D eigenvalue weighted by Gasteiger charge is -2.30.